The molecule has 0 amide bonds. The molecule has 2 atom stereocenters. The molecule has 0 radical (unpaired) electrons. The van der Waals surface area contributed by atoms with Crippen LogP contribution >= 0.6 is 11.6 Å². The molecule has 0 aliphatic rings. The highest BCUT2D eigenvalue weighted by Gasteiger charge is 2.06. The van der Waals surface area contributed by atoms with Crippen molar-refractivity contribution in [3.8, 4) is 0 Å². The zero-order valence-electron chi connectivity index (χ0n) is 7.93. The molecule has 0 heterocycles. The Balaban J connectivity index is 3.38. The third kappa shape index (κ3) is 6.48. The molecular formula is C11H19Cl. The van der Waals surface area contributed by atoms with Gasteiger partial charge in [-0.05, 0) is 25.2 Å². The molecule has 0 bridgehead atoms. The largest absolute Gasteiger partial charge is 0.118 e. The van der Waals surface area contributed by atoms with E-state index in [0.29, 0.717) is 5.92 Å². The molecule has 0 rings (SSSR count). The normalized spacial score (nSPS) is 15.2. The van der Waals surface area contributed by atoms with Crippen LogP contribution in [-0.2, 0) is 0 Å². The first-order valence-corrected chi connectivity index (χ1v) is 5.01. The smallest absolute Gasteiger partial charge is 0.0515 e. The molecule has 0 saturated heterocycles. The van der Waals surface area contributed by atoms with Crippen molar-refractivity contribution in [2.45, 2.75) is 38.0 Å². The number of halogens is 1. The van der Waals surface area contributed by atoms with Gasteiger partial charge in [0.2, 0.25) is 0 Å². The van der Waals surface area contributed by atoms with E-state index in [2.05, 4.69) is 20.1 Å². The monoisotopic (exact) mass is 186 g/mol. The first kappa shape index (κ1) is 11.8. The average Bonchev–Trinajstić information content (AvgIpc) is 2.05. The molecule has 0 aromatic rings. The maximum Gasteiger partial charge on any atom is 0.0515 e. The zero-order chi connectivity index (χ0) is 9.40. The maximum absolute atomic E-state index is 5.93. The fraction of sp³-hybridized carbons (Fsp3) is 0.636. The Bertz CT molecular complexity index is 129. The quantitative estimate of drug-likeness (QED) is 0.318. The van der Waals surface area contributed by atoms with E-state index < -0.39 is 0 Å². The molecule has 0 aliphatic heterocycles. The zero-order valence-corrected chi connectivity index (χ0v) is 8.69. The maximum atomic E-state index is 5.93. The highest BCUT2D eigenvalue weighted by Crippen LogP contribution is 2.17. The van der Waals surface area contributed by atoms with Crippen molar-refractivity contribution in [2.75, 3.05) is 0 Å². The number of hydrogen-bond donors (Lipinski definition) is 0. The summed E-state index contributed by atoms with van der Waals surface area (Å²) in [4.78, 5) is 0. The second-order valence-electron chi connectivity index (χ2n) is 3.31. The van der Waals surface area contributed by atoms with Gasteiger partial charge in [0.05, 0.1) is 5.38 Å². The second kappa shape index (κ2) is 7.42. The van der Waals surface area contributed by atoms with Crippen molar-refractivity contribution < 1.29 is 0 Å². The van der Waals surface area contributed by atoms with E-state index in [1.54, 1.807) is 0 Å². The number of unbranched alkanes of at least 4 members (excludes halogenated alkanes) is 1. The molecule has 2 unspecified atom stereocenters. The SMILES string of the molecule is C=CCCCC(C)CC(Cl)C=C. The number of alkyl halides is 1. The minimum absolute atomic E-state index is 0.142. The summed E-state index contributed by atoms with van der Waals surface area (Å²) < 4.78 is 0. The Labute approximate surface area is 81.3 Å². The van der Waals surface area contributed by atoms with Crippen molar-refractivity contribution in [3.63, 3.8) is 0 Å². The van der Waals surface area contributed by atoms with Crippen molar-refractivity contribution >= 4 is 11.6 Å². The van der Waals surface area contributed by atoms with Crippen molar-refractivity contribution in [2.24, 2.45) is 5.92 Å². The van der Waals surface area contributed by atoms with Crippen LogP contribution in [0.1, 0.15) is 32.6 Å². The highest BCUT2D eigenvalue weighted by atomic mass is 35.5. The van der Waals surface area contributed by atoms with E-state index in [0.717, 1.165) is 12.8 Å². The third-order valence-electron chi connectivity index (χ3n) is 1.99. The van der Waals surface area contributed by atoms with Gasteiger partial charge in [-0.3, -0.25) is 0 Å². The second-order valence-corrected chi connectivity index (χ2v) is 3.87. The molecule has 0 nitrogen and oxygen atoms in total. The highest BCUT2D eigenvalue weighted by molar-refractivity contribution is 6.21. The molecule has 0 aromatic carbocycles. The van der Waals surface area contributed by atoms with Gasteiger partial charge in [0.25, 0.3) is 0 Å². The number of rotatable bonds is 7. The Morgan fingerprint density at radius 3 is 2.58 bits per heavy atom. The van der Waals surface area contributed by atoms with Crippen LogP contribution in [0.4, 0.5) is 0 Å². The van der Waals surface area contributed by atoms with Gasteiger partial charge in [0.1, 0.15) is 0 Å². The van der Waals surface area contributed by atoms with Crippen molar-refractivity contribution in [3.05, 3.63) is 25.3 Å². The Morgan fingerprint density at radius 1 is 1.42 bits per heavy atom. The topological polar surface area (TPSA) is 0 Å². The van der Waals surface area contributed by atoms with E-state index in [1.807, 2.05) is 12.2 Å². The summed E-state index contributed by atoms with van der Waals surface area (Å²) in [5.41, 5.74) is 0. The predicted octanol–water partition coefficient (Wildman–Crippen LogP) is 4.16. The lowest BCUT2D eigenvalue weighted by atomic mass is 9.99. The average molecular weight is 187 g/mol. The first-order valence-electron chi connectivity index (χ1n) is 4.58. The van der Waals surface area contributed by atoms with Gasteiger partial charge in [-0.2, -0.15) is 0 Å². The summed E-state index contributed by atoms with van der Waals surface area (Å²) in [7, 11) is 0. The van der Waals surface area contributed by atoms with E-state index >= 15 is 0 Å². The Kier molecular flexibility index (Phi) is 7.28. The number of hydrogen-bond acceptors (Lipinski definition) is 0. The molecule has 0 spiro atoms. The lowest BCUT2D eigenvalue weighted by molar-refractivity contribution is 0.484. The van der Waals surface area contributed by atoms with Crippen LogP contribution in [-0.4, -0.2) is 5.38 Å². The molecule has 0 fully saturated rings. The van der Waals surface area contributed by atoms with E-state index in [4.69, 9.17) is 11.6 Å². The van der Waals surface area contributed by atoms with Crippen molar-refractivity contribution in [1.29, 1.82) is 0 Å². The molecule has 70 valence electrons. The molecule has 1 heteroatoms. The van der Waals surface area contributed by atoms with Crippen LogP contribution in [0.15, 0.2) is 25.3 Å². The fourth-order valence-electron chi connectivity index (χ4n) is 1.21. The third-order valence-corrected chi connectivity index (χ3v) is 2.34. The van der Waals surface area contributed by atoms with E-state index in [-0.39, 0.29) is 5.38 Å². The summed E-state index contributed by atoms with van der Waals surface area (Å²) in [5.74, 6) is 0.699. The minimum Gasteiger partial charge on any atom is -0.118 e. The standard InChI is InChI=1S/C11H19Cl/c1-4-6-7-8-10(3)9-11(12)5-2/h4-5,10-11H,1-2,6-9H2,3H3. The molecule has 0 saturated carbocycles. The van der Waals surface area contributed by atoms with Gasteiger partial charge in [-0.15, -0.1) is 24.8 Å². The summed E-state index contributed by atoms with van der Waals surface area (Å²) in [5, 5.41) is 0.142. The molecule has 12 heavy (non-hydrogen) atoms. The van der Waals surface area contributed by atoms with Gasteiger partial charge in [0, 0.05) is 0 Å². The molecule has 0 N–H and O–H groups in total. The summed E-state index contributed by atoms with van der Waals surface area (Å²) >= 11 is 5.93. The predicted molar refractivity (Wildman–Crippen MR) is 57.7 cm³/mol. The Morgan fingerprint density at radius 2 is 2.08 bits per heavy atom. The van der Waals surface area contributed by atoms with Gasteiger partial charge in [-0.25, -0.2) is 0 Å². The van der Waals surface area contributed by atoms with Crippen LogP contribution in [0, 0.1) is 5.92 Å². The van der Waals surface area contributed by atoms with Crippen LogP contribution in [0.5, 0.6) is 0 Å². The molecule has 0 aromatic heterocycles. The van der Waals surface area contributed by atoms with Gasteiger partial charge in [0.15, 0.2) is 0 Å². The van der Waals surface area contributed by atoms with Crippen molar-refractivity contribution in [1.82, 2.24) is 0 Å². The lowest BCUT2D eigenvalue weighted by Gasteiger charge is -2.11. The van der Waals surface area contributed by atoms with Crippen LogP contribution in [0.3, 0.4) is 0 Å². The van der Waals surface area contributed by atoms with Crippen LogP contribution < -0.4 is 0 Å². The van der Waals surface area contributed by atoms with Gasteiger partial charge < -0.3 is 0 Å². The molecule has 0 aliphatic carbocycles. The Hall–Kier alpha value is -0.230. The van der Waals surface area contributed by atoms with E-state index in [9.17, 15) is 0 Å². The van der Waals surface area contributed by atoms with E-state index in [1.165, 1.54) is 12.8 Å². The van der Waals surface area contributed by atoms with Gasteiger partial charge >= 0.3 is 0 Å². The van der Waals surface area contributed by atoms with Crippen LogP contribution in [0.2, 0.25) is 0 Å². The summed E-state index contributed by atoms with van der Waals surface area (Å²) in [6, 6.07) is 0. The fourth-order valence-corrected chi connectivity index (χ4v) is 1.51. The molecular weight excluding hydrogens is 168 g/mol. The van der Waals surface area contributed by atoms with Gasteiger partial charge in [-0.1, -0.05) is 25.5 Å². The lowest BCUT2D eigenvalue weighted by Crippen LogP contribution is -2.02. The minimum atomic E-state index is 0.142. The summed E-state index contributed by atoms with van der Waals surface area (Å²) in [6.45, 7) is 9.59. The summed E-state index contributed by atoms with van der Waals surface area (Å²) in [6.07, 6.45) is 8.41. The number of allylic oxidation sites excluding steroid dienone is 2. The first-order chi connectivity index (χ1) is 5.70. The van der Waals surface area contributed by atoms with Crippen LogP contribution in [0.25, 0.3) is 0 Å².